The molecule has 10 aromatic rings. The maximum absolute atomic E-state index is 10.8. The molecule has 0 amide bonds. The van der Waals surface area contributed by atoms with E-state index in [1.165, 1.54) is 89.9 Å². The molecule has 0 fully saturated rings. The Bertz CT molecular complexity index is 3630. The van der Waals surface area contributed by atoms with Gasteiger partial charge in [-0.05, 0) is 203 Å². The minimum absolute atomic E-state index is 0. The van der Waals surface area contributed by atoms with Gasteiger partial charge in [0.15, 0.2) is 0 Å². The van der Waals surface area contributed by atoms with Crippen molar-refractivity contribution in [3.05, 3.63) is 304 Å². The fourth-order valence-corrected chi connectivity index (χ4v) is 10.9. The number of aromatic hydroxyl groups is 1. The lowest BCUT2D eigenvalue weighted by molar-refractivity contribution is -0.142. The molecular formula is C90H110ClNO7. The molecule has 0 saturated heterocycles. The number of aryl methyl sites for hydroxylation is 5. The third-order valence-corrected chi connectivity index (χ3v) is 16.3. The summed E-state index contributed by atoms with van der Waals surface area (Å²) < 4.78 is 0. The van der Waals surface area contributed by atoms with Crippen molar-refractivity contribution < 1.29 is 34.8 Å². The highest BCUT2D eigenvalue weighted by molar-refractivity contribution is 5.85. The predicted molar refractivity (Wildman–Crippen MR) is 420 cm³/mol. The molecule has 0 aliphatic rings. The topological polar surface area (TPSA) is 158 Å². The maximum atomic E-state index is 10.8. The van der Waals surface area contributed by atoms with Gasteiger partial charge in [-0.3, -0.25) is 14.4 Å². The first-order chi connectivity index (χ1) is 46.8. The summed E-state index contributed by atoms with van der Waals surface area (Å²) in [6.07, 6.45) is 4.94. The normalized spacial score (nSPS) is 11.2. The Morgan fingerprint density at radius 2 is 0.515 bits per heavy atom. The number of phenols is 1. The third kappa shape index (κ3) is 31.0. The summed E-state index contributed by atoms with van der Waals surface area (Å²) in [5, 5.41) is 35.6. The summed E-state index contributed by atoms with van der Waals surface area (Å²) in [4.78, 5) is 32.4. The van der Waals surface area contributed by atoms with Gasteiger partial charge in [0, 0.05) is 0 Å². The fraction of sp³-hybridized carbons (Fsp3) is 0.300. The second-order valence-corrected chi connectivity index (χ2v) is 26.5. The van der Waals surface area contributed by atoms with Gasteiger partial charge in [0.2, 0.25) is 0 Å². The van der Waals surface area contributed by atoms with Crippen LogP contribution >= 0.6 is 12.4 Å². The van der Waals surface area contributed by atoms with Gasteiger partial charge in [-0.25, -0.2) is 0 Å². The molecule has 0 aliphatic heterocycles. The number of hydrogen-bond acceptors (Lipinski definition) is 5. The largest absolute Gasteiger partial charge is 0.508 e. The van der Waals surface area contributed by atoms with Gasteiger partial charge in [0.05, 0.1) is 11.8 Å². The minimum Gasteiger partial charge on any atom is -0.508 e. The Hall–Kier alpha value is -9.34. The highest BCUT2D eigenvalue weighted by Gasteiger charge is 2.15. The van der Waals surface area contributed by atoms with Crippen LogP contribution in [0.3, 0.4) is 0 Å². The van der Waals surface area contributed by atoms with Gasteiger partial charge in [-0.15, -0.1) is 12.4 Å². The van der Waals surface area contributed by atoms with E-state index in [-0.39, 0.29) is 24.2 Å². The van der Waals surface area contributed by atoms with E-state index < -0.39 is 23.9 Å². The molecule has 0 spiro atoms. The standard InChI is InChI=1S/2C17H18O2.C17H20.C16H17NO2.C11H16.C10H14O.C2H6.ClH/c2*1-12-5-3-4-6-16(12)15-9-7-14(8-10-15)11-13(2)17(18)19;1-13(2)12-15-8-10-16(11-9-15)17-7-5-4-6-14(17)3;1-11-4-2-3-5-14(11)13-8-6-12(7-9-13)10-15(17)16(18)19;1-9(2)8-11-6-4-10(3)5-7-11;1-8(2)7-9-3-5-10(11)6-4-9;1-2;/h2*3-10,13H,11H2,1-2H3,(H,18,19);4-11,13H,12H2,1-3H3;2-9,15H,10,17H2,1H3,(H,18,19);4-7,9H,8H2,1-3H3;3-6,8,11H,7H2,1-2H3;1-2H3;1H. The fourth-order valence-electron chi connectivity index (χ4n) is 10.9. The number of carbonyl (C=O) groups is 3. The lowest BCUT2D eigenvalue weighted by Gasteiger charge is -2.09. The number of rotatable bonds is 19. The Balaban J connectivity index is 0.000000311. The van der Waals surface area contributed by atoms with E-state index in [9.17, 15) is 14.4 Å². The average molecular weight is 1350 g/mol. The predicted octanol–water partition coefficient (Wildman–Crippen LogP) is 22.6. The van der Waals surface area contributed by atoms with Gasteiger partial charge < -0.3 is 26.2 Å². The number of hydrogen-bond donors (Lipinski definition) is 5. The van der Waals surface area contributed by atoms with Crippen molar-refractivity contribution in [1.82, 2.24) is 0 Å². The number of nitrogens with two attached hydrogens (primary N) is 1. The molecule has 99 heavy (non-hydrogen) atoms. The van der Waals surface area contributed by atoms with Crippen LogP contribution < -0.4 is 5.73 Å². The van der Waals surface area contributed by atoms with Gasteiger partial charge in [0.25, 0.3) is 0 Å². The molecule has 0 heterocycles. The smallest absolute Gasteiger partial charge is 0.320 e. The minimum atomic E-state index is -0.969. The van der Waals surface area contributed by atoms with Crippen LogP contribution in [0.25, 0.3) is 44.5 Å². The van der Waals surface area contributed by atoms with Crippen LogP contribution in [0, 0.1) is 64.2 Å². The van der Waals surface area contributed by atoms with Crippen LogP contribution in [0.4, 0.5) is 0 Å². The van der Waals surface area contributed by atoms with Gasteiger partial charge in [0.1, 0.15) is 11.8 Å². The molecule has 0 aromatic heterocycles. The lowest BCUT2D eigenvalue weighted by Crippen LogP contribution is -2.32. The summed E-state index contributed by atoms with van der Waals surface area (Å²) in [5.41, 5.74) is 28.9. The molecule has 8 nitrogen and oxygen atoms in total. The number of aliphatic carboxylic acids is 3. The number of carboxylic acids is 3. The van der Waals surface area contributed by atoms with Crippen LogP contribution in [0.1, 0.15) is 130 Å². The molecular weight excluding hydrogens is 1240 g/mol. The van der Waals surface area contributed by atoms with Crippen LogP contribution in [0.5, 0.6) is 5.75 Å². The van der Waals surface area contributed by atoms with Crippen LogP contribution in [-0.2, 0) is 52.9 Å². The molecule has 0 saturated carbocycles. The molecule has 3 unspecified atom stereocenters. The first-order valence-corrected chi connectivity index (χ1v) is 34.6. The van der Waals surface area contributed by atoms with Crippen LogP contribution in [0.15, 0.2) is 243 Å². The van der Waals surface area contributed by atoms with Crippen molar-refractivity contribution in [3.63, 3.8) is 0 Å². The number of phenolic OH excluding ortho intramolecular Hbond substituents is 1. The van der Waals surface area contributed by atoms with Crippen molar-refractivity contribution >= 4 is 30.3 Å². The zero-order chi connectivity index (χ0) is 72.3. The first kappa shape index (κ1) is 83.9. The van der Waals surface area contributed by atoms with E-state index in [4.69, 9.17) is 26.2 Å². The first-order valence-electron chi connectivity index (χ1n) is 34.6. The highest BCUT2D eigenvalue weighted by atomic mass is 35.5. The summed E-state index contributed by atoms with van der Waals surface area (Å²) >= 11 is 0. The summed E-state index contributed by atoms with van der Waals surface area (Å²) in [6, 6.07) is 81.7. The summed E-state index contributed by atoms with van der Waals surface area (Å²) in [5.74, 6) is -0.642. The van der Waals surface area contributed by atoms with Crippen LogP contribution in [-0.4, -0.2) is 44.4 Å². The molecule has 0 aliphatic carbocycles. The van der Waals surface area contributed by atoms with Gasteiger partial charge in [-0.2, -0.15) is 0 Å². The van der Waals surface area contributed by atoms with Gasteiger partial charge >= 0.3 is 17.9 Å². The second kappa shape index (κ2) is 44.6. The molecule has 10 rings (SSSR count). The van der Waals surface area contributed by atoms with Crippen LogP contribution in [0.2, 0.25) is 0 Å². The number of benzene rings is 10. The molecule has 0 radical (unpaired) electrons. The van der Waals surface area contributed by atoms with Crippen molar-refractivity contribution in [2.45, 2.75) is 148 Å². The van der Waals surface area contributed by atoms with Gasteiger partial charge in [-0.1, -0.05) is 305 Å². The number of carboxylic acid groups (broad SMARTS) is 3. The lowest BCUT2D eigenvalue weighted by atomic mass is 9.96. The Labute approximate surface area is 599 Å². The SMILES string of the molecule is CC.CC(C)Cc1ccc(O)cc1.Cc1ccc(CC(C)C)cc1.Cc1ccccc1-c1ccc(CC(C)C(=O)O)cc1.Cc1ccccc1-c1ccc(CC(C)C(=O)O)cc1.Cc1ccccc1-c1ccc(CC(C)C)cc1.Cc1ccccc1-c1ccc(CC(N)C(=O)O)cc1.Cl. The van der Waals surface area contributed by atoms with E-state index in [0.717, 1.165) is 46.9 Å². The second-order valence-electron chi connectivity index (χ2n) is 26.5. The Morgan fingerprint density at radius 1 is 0.303 bits per heavy atom. The zero-order valence-corrected chi connectivity index (χ0v) is 62.1. The quantitative estimate of drug-likeness (QED) is 0.0535. The van der Waals surface area contributed by atoms with E-state index in [2.05, 4.69) is 210 Å². The summed E-state index contributed by atoms with van der Waals surface area (Å²) in [6.45, 7) is 31.4. The molecule has 0 bridgehead atoms. The molecule has 9 heteroatoms. The van der Waals surface area contributed by atoms with E-state index in [0.29, 0.717) is 30.9 Å². The monoisotopic (exact) mass is 1350 g/mol. The van der Waals surface area contributed by atoms with E-state index in [1.807, 2.05) is 111 Å². The molecule has 524 valence electrons. The average Bonchev–Trinajstić information content (AvgIpc) is 0.867. The van der Waals surface area contributed by atoms with Crippen molar-refractivity contribution in [1.29, 1.82) is 0 Å². The summed E-state index contributed by atoms with van der Waals surface area (Å²) in [7, 11) is 0. The van der Waals surface area contributed by atoms with E-state index >= 15 is 0 Å². The molecule has 10 aromatic carbocycles. The highest BCUT2D eigenvalue weighted by Crippen LogP contribution is 2.28. The number of halogens is 1. The Kier molecular flexibility index (Phi) is 37.8. The maximum Gasteiger partial charge on any atom is 0.320 e. The third-order valence-electron chi connectivity index (χ3n) is 16.3. The van der Waals surface area contributed by atoms with E-state index in [1.54, 1.807) is 26.0 Å². The van der Waals surface area contributed by atoms with Crippen molar-refractivity contribution in [2.75, 3.05) is 0 Å². The van der Waals surface area contributed by atoms with Crippen molar-refractivity contribution in [2.24, 2.45) is 35.3 Å². The Morgan fingerprint density at radius 3 is 0.737 bits per heavy atom. The van der Waals surface area contributed by atoms with Crippen molar-refractivity contribution in [3.8, 4) is 50.3 Å². The molecule has 3 atom stereocenters. The molecule has 6 N–H and O–H groups in total. The zero-order valence-electron chi connectivity index (χ0n) is 61.3.